The highest BCUT2D eigenvalue weighted by Crippen LogP contribution is 2.25. The SMILES string of the molecule is COc1ccc2c(c1)CCN(S(=O)(=O)CCCNC(=O)CC(C)(C)C)C2. The summed E-state index contributed by atoms with van der Waals surface area (Å²) < 4.78 is 31.9. The molecule has 1 aliphatic heterocycles. The fourth-order valence-corrected chi connectivity index (χ4v) is 4.50. The second-order valence-electron chi connectivity index (χ2n) is 7.98. The number of fused-ring (bicyclic) bond motifs is 1. The van der Waals surface area contributed by atoms with Gasteiger partial charge in [-0.3, -0.25) is 4.79 Å². The van der Waals surface area contributed by atoms with Crippen molar-refractivity contribution >= 4 is 15.9 Å². The molecular formula is C19H30N2O4S. The second kappa shape index (κ2) is 8.39. The van der Waals surface area contributed by atoms with Crippen LogP contribution < -0.4 is 10.1 Å². The average Bonchev–Trinajstić information content (AvgIpc) is 2.56. The molecule has 6 nitrogen and oxygen atoms in total. The Morgan fingerprint density at radius 1 is 1.27 bits per heavy atom. The number of amides is 1. The molecule has 146 valence electrons. The van der Waals surface area contributed by atoms with E-state index < -0.39 is 10.0 Å². The van der Waals surface area contributed by atoms with Gasteiger partial charge in [-0.15, -0.1) is 0 Å². The zero-order chi connectivity index (χ0) is 19.4. The average molecular weight is 383 g/mol. The Morgan fingerprint density at radius 2 is 2.00 bits per heavy atom. The van der Waals surface area contributed by atoms with Gasteiger partial charge < -0.3 is 10.1 Å². The summed E-state index contributed by atoms with van der Waals surface area (Å²) in [6.07, 6.45) is 1.55. The van der Waals surface area contributed by atoms with Crippen molar-refractivity contribution in [2.75, 3.05) is 26.0 Å². The smallest absolute Gasteiger partial charge is 0.220 e. The molecule has 0 spiro atoms. The predicted molar refractivity (Wildman–Crippen MR) is 103 cm³/mol. The molecule has 0 saturated heterocycles. The van der Waals surface area contributed by atoms with E-state index in [-0.39, 0.29) is 17.1 Å². The van der Waals surface area contributed by atoms with Crippen molar-refractivity contribution in [3.05, 3.63) is 29.3 Å². The lowest BCUT2D eigenvalue weighted by Crippen LogP contribution is -2.38. The number of nitrogens with zero attached hydrogens (tertiary/aromatic N) is 1. The number of methoxy groups -OCH3 is 1. The number of benzene rings is 1. The van der Waals surface area contributed by atoms with Crippen molar-refractivity contribution in [2.45, 2.75) is 46.6 Å². The first kappa shape index (κ1) is 20.7. The number of rotatable bonds is 7. The van der Waals surface area contributed by atoms with E-state index in [4.69, 9.17) is 4.74 Å². The Labute approximate surface area is 157 Å². The molecule has 0 aromatic heterocycles. The van der Waals surface area contributed by atoms with Gasteiger partial charge in [-0.25, -0.2) is 8.42 Å². The summed E-state index contributed by atoms with van der Waals surface area (Å²) >= 11 is 0. The summed E-state index contributed by atoms with van der Waals surface area (Å²) in [4.78, 5) is 11.8. The minimum atomic E-state index is -3.32. The molecule has 26 heavy (non-hydrogen) atoms. The van der Waals surface area contributed by atoms with Gasteiger partial charge in [0.1, 0.15) is 5.75 Å². The highest BCUT2D eigenvalue weighted by molar-refractivity contribution is 7.89. The van der Waals surface area contributed by atoms with Crippen LogP contribution in [0, 0.1) is 5.41 Å². The van der Waals surface area contributed by atoms with Crippen LogP contribution in [0.15, 0.2) is 18.2 Å². The van der Waals surface area contributed by atoms with E-state index in [9.17, 15) is 13.2 Å². The van der Waals surface area contributed by atoms with E-state index in [2.05, 4.69) is 5.32 Å². The minimum Gasteiger partial charge on any atom is -0.497 e. The van der Waals surface area contributed by atoms with Crippen molar-refractivity contribution in [2.24, 2.45) is 5.41 Å². The van der Waals surface area contributed by atoms with Crippen LogP contribution in [0.4, 0.5) is 0 Å². The molecule has 1 aromatic rings. The lowest BCUT2D eigenvalue weighted by Gasteiger charge is -2.28. The maximum atomic E-state index is 12.6. The van der Waals surface area contributed by atoms with Crippen molar-refractivity contribution < 1.29 is 17.9 Å². The summed E-state index contributed by atoms with van der Waals surface area (Å²) in [5, 5.41) is 2.81. The quantitative estimate of drug-likeness (QED) is 0.735. The third-order valence-corrected chi connectivity index (χ3v) is 6.28. The van der Waals surface area contributed by atoms with Gasteiger partial charge >= 0.3 is 0 Å². The van der Waals surface area contributed by atoms with Gasteiger partial charge in [0.2, 0.25) is 15.9 Å². The van der Waals surface area contributed by atoms with Gasteiger partial charge in [-0.05, 0) is 41.5 Å². The van der Waals surface area contributed by atoms with E-state index in [1.807, 2.05) is 39.0 Å². The molecule has 0 radical (unpaired) electrons. The van der Waals surface area contributed by atoms with Gasteiger partial charge in [0.25, 0.3) is 0 Å². The molecule has 0 atom stereocenters. The number of ether oxygens (including phenoxy) is 1. The number of nitrogens with one attached hydrogen (secondary N) is 1. The Balaban J connectivity index is 1.84. The zero-order valence-corrected chi connectivity index (χ0v) is 17.0. The molecule has 1 aromatic carbocycles. The molecule has 0 bridgehead atoms. The third-order valence-electron chi connectivity index (χ3n) is 4.38. The summed E-state index contributed by atoms with van der Waals surface area (Å²) in [7, 11) is -1.70. The first-order valence-corrected chi connectivity index (χ1v) is 10.6. The second-order valence-corrected chi connectivity index (χ2v) is 10.1. The highest BCUT2D eigenvalue weighted by atomic mass is 32.2. The van der Waals surface area contributed by atoms with E-state index in [0.29, 0.717) is 38.9 Å². The number of hydrogen-bond donors (Lipinski definition) is 1. The molecule has 2 rings (SSSR count). The standard InChI is InChI=1S/C19H30N2O4S/c1-19(2,3)13-18(22)20-9-5-11-26(23,24)21-10-8-15-12-17(25-4)7-6-16(15)14-21/h6-7,12H,5,8-11,13-14H2,1-4H3,(H,20,22). The van der Waals surface area contributed by atoms with Crippen LogP contribution in [0.3, 0.4) is 0 Å². The third kappa shape index (κ3) is 5.99. The van der Waals surface area contributed by atoms with Crippen LogP contribution in [0.25, 0.3) is 0 Å². The van der Waals surface area contributed by atoms with Crippen molar-refractivity contribution in [1.82, 2.24) is 9.62 Å². The van der Waals surface area contributed by atoms with Crippen LogP contribution >= 0.6 is 0 Å². The zero-order valence-electron chi connectivity index (χ0n) is 16.2. The van der Waals surface area contributed by atoms with Crippen LogP contribution in [-0.4, -0.2) is 44.6 Å². The normalized spacial score (nSPS) is 15.4. The molecule has 1 heterocycles. The molecule has 0 fully saturated rings. The first-order valence-electron chi connectivity index (χ1n) is 9.01. The lowest BCUT2D eigenvalue weighted by molar-refractivity contribution is -0.122. The van der Waals surface area contributed by atoms with Crippen molar-refractivity contribution in [1.29, 1.82) is 0 Å². The summed E-state index contributed by atoms with van der Waals surface area (Å²) in [6.45, 7) is 7.27. The molecule has 1 N–H and O–H groups in total. The molecule has 0 saturated carbocycles. The summed E-state index contributed by atoms with van der Waals surface area (Å²) in [5.74, 6) is 0.815. The van der Waals surface area contributed by atoms with Crippen molar-refractivity contribution in [3.63, 3.8) is 0 Å². The number of sulfonamides is 1. The summed E-state index contributed by atoms with van der Waals surface area (Å²) in [6, 6.07) is 5.77. The van der Waals surface area contributed by atoms with E-state index in [1.165, 1.54) is 0 Å². The van der Waals surface area contributed by atoms with Gasteiger partial charge in [-0.2, -0.15) is 4.31 Å². The Bertz CT molecular complexity index is 738. The number of carbonyl (C=O) groups is 1. The Hall–Kier alpha value is -1.60. The fourth-order valence-electron chi connectivity index (χ4n) is 3.02. The van der Waals surface area contributed by atoms with Gasteiger partial charge in [0.15, 0.2) is 0 Å². The minimum absolute atomic E-state index is 0.0317. The lowest BCUT2D eigenvalue weighted by atomic mass is 9.92. The first-order chi connectivity index (χ1) is 12.1. The van der Waals surface area contributed by atoms with E-state index in [1.54, 1.807) is 11.4 Å². The van der Waals surface area contributed by atoms with Crippen LogP contribution in [-0.2, 0) is 27.8 Å². The number of hydrogen-bond acceptors (Lipinski definition) is 4. The van der Waals surface area contributed by atoms with Crippen LogP contribution in [0.5, 0.6) is 5.75 Å². The van der Waals surface area contributed by atoms with Gasteiger partial charge in [0.05, 0.1) is 12.9 Å². The molecule has 0 aliphatic carbocycles. The molecule has 1 aliphatic rings. The molecule has 0 unspecified atom stereocenters. The predicted octanol–water partition coefficient (Wildman–Crippen LogP) is 2.33. The van der Waals surface area contributed by atoms with E-state index >= 15 is 0 Å². The molecular weight excluding hydrogens is 352 g/mol. The monoisotopic (exact) mass is 382 g/mol. The van der Waals surface area contributed by atoms with E-state index in [0.717, 1.165) is 16.9 Å². The largest absolute Gasteiger partial charge is 0.497 e. The Kier molecular flexibility index (Phi) is 6.69. The van der Waals surface area contributed by atoms with Gasteiger partial charge in [0, 0.05) is 26.1 Å². The highest BCUT2D eigenvalue weighted by Gasteiger charge is 2.26. The van der Waals surface area contributed by atoms with Gasteiger partial charge in [-0.1, -0.05) is 26.8 Å². The van der Waals surface area contributed by atoms with Crippen molar-refractivity contribution in [3.8, 4) is 5.75 Å². The topological polar surface area (TPSA) is 75.7 Å². The number of carbonyl (C=O) groups excluding carboxylic acids is 1. The van der Waals surface area contributed by atoms with Crippen LogP contribution in [0.1, 0.15) is 44.7 Å². The maximum Gasteiger partial charge on any atom is 0.220 e. The fraction of sp³-hybridized carbons (Fsp3) is 0.632. The Morgan fingerprint density at radius 3 is 2.65 bits per heavy atom. The van der Waals surface area contributed by atoms with Crippen LogP contribution in [0.2, 0.25) is 0 Å². The maximum absolute atomic E-state index is 12.6. The summed E-state index contributed by atoms with van der Waals surface area (Å²) in [5.41, 5.74) is 2.10. The molecule has 1 amide bonds. The molecule has 7 heteroatoms.